The molecular weight excluding hydrogens is 260 g/mol. The molecule has 0 saturated carbocycles. The van der Waals surface area contributed by atoms with E-state index in [1.807, 2.05) is 13.8 Å². The van der Waals surface area contributed by atoms with Crippen molar-refractivity contribution in [2.75, 3.05) is 13.2 Å². The van der Waals surface area contributed by atoms with E-state index >= 15 is 0 Å². The van der Waals surface area contributed by atoms with Crippen molar-refractivity contribution in [3.05, 3.63) is 11.7 Å². The number of esters is 1. The SMILES string of the molecule is CCOC(=O)C(c1nc(CC2CCCO2)no1)C(C)C. The second kappa shape index (κ2) is 6.83. The first-order chi connectivity index (χ1) is 9.61. The Labute approximate surface area is 118 Å². The van der Waals surface area contributed by atoms with E-state index in [0.29, 0.717) is 24.7 Å². The molecule has 0 N–H and O–H groups in total. The number of nitrogens with zero attached hydrogens (tertiary/aromatic N) is 2. The van der Waals surface area contributed by atoms with Crippen molar-refractivity contribution >= 4 is 5.97 Å². The van der Waals surface area contributed by atoms with Crippen molar-refractivity contribution in [2.24, 2.45) is 5.92 Å². The van der Waals surface area contributed by atoms with Gasteiger partial charge in [-0.15, -0.1) is 0 Å². The highest BCUT2D eigenvalue weighted by atomic mass is 16.5. The summed E-state index contributed by atoms with van der Waals surface area (Å²) in [5.74, 6) is 0.175. The topological polar surface area (TPSA) is 74.5 Å². The number of carbonyl (C=O) groups is 1. The first kappa shape index (κ1) is 15.0. The largest absolute Gasteiger partial charge is 0.465 e. The van der Waals surface area contributed by atoms with Gasteiger partial charge in [0, 0.05) is 13.0 Å². The number of carbonyl (C=O) groups excluding carboxylic acids is 1. The zero-order chi connectivity index (χ0) is 14.5. The molecule has 0 amide bonds. The van der Waals surface area contributed by atoms with Gasteiger partial charge in [0.2, 0.25) is 5.89 Å². The van der Waals surface area contributed by atoms with Crippen LogP contribution in [0.4, 0.5) is 0 Å². The molecule has 0 spiro atoms. The van der Waals surface area contributed by atoms with Gasteiger partial charge in [-0.3, -0.25) is 4.79 Å². The first-order valence-electron chi connectivity index (χ1n) is 7.22. The zero-order valence-electron chi connectivity index (χ0n) is 12.3. The summed E-state index contributed by atoms with van der Waals surface area (Å²) >= 11 is 0. The summed E-state index contributed by atoms with van der Waals surface area (Å²) < 4.78 is 15.9. The highest BCUT2D eigenvalue weighted by Crippen LogP contribution is 2.25. The molecule has 1 aromatic heterocycles. The lowest BCUT2D eigenvalue weighted by Crippen LogP contribution is -2.21. The standard InChI is InChI=1S/C14H22N2O4/c1-4-18-14(17)12(9(2)3)13-15-11(16-20-13)8-10-6-5-7-19-10/h9-10,12H,4-8H2,1-3H3. The molecule has 0 aromatic carbocycles. The normalized spacial score (nSPS) is 20.3. The molecule has 1 fully saturated rings. The van der Waals surface area contributed by atoms with Crippen LogP contribution in [0.3, 0.4) is 0 Å². The van der Waals surface area contributed by atoms with Gasteiger partial charge >= 0.3 is 5.97 Å². The Kier molecular flexibility index (Phi) is 5.11. The van der Waals surface area contributed by atoms with E-state index in [9.17, 15) is 4.79 Å². The van der Waals surface area contributed by atoms with Gasteiger partial charge in [-0.05, 0) is 25.7 Å². The highest BCUT2D eigenvalue weighted by Gasteiger charge is 2.31. The maximum absolute atomic E-state index is 12.0. The van der Waals surface area contributed by atoms with E-state index in [1.54, 1.807) is 6.92 Å². The fourth-order valence-electron chi connectivity index (χ4n) is 2.38. The van der Waals surface area contributed by atoms with Crippen LogP contribution < -0.4 is 0 Å². The smallest absolute Gasteiger partial charge is 0.318 e. The summed E-state index contributed by atoms with van der Waals surface area (Å²) in [6.07, 6.45) is 2.90. The molecule has 0 aliphatic carbocycles. The Bertz CT molecular complexity index is 438. The number of hydrogen-bond acceptors (Lipinski definition) is 6. The molecule has 2 heterocycles. The number of rotatable bonds is 6. The molecule has 1 saturated heterocycles. The third-order valence-electron chi connectivity index (χ3n) is 3.39. The Morgan fingerprint density at radius 3 is 2.90 bits per heavy atom. The third kappa shape index (κ3) is 3.56. The molecule has 0 radical (unpaired) electrons. The van der Waals surface area contributed by atoms with Crippen molar-refractivity contribution in [3.63, 3.8) is 0 Å². The molecule has 20 heavy (non-hydrogen) atoms. The predicted molar refractivity (Wildman–Crippen MR) is 71.2 cm³/mol. The van der Waals surface area contributed by atoms with Crippen LogP contribution in [-0.2, 0) is 20.7 Å². The molecule has 6 nitrogen and oxygen atoms in total. The minimum Gasteiger partial charge on any atom is -0.465 e. The van der Waals surface area contributed by atoms with Gasteiger partial charge in [0.25, 0.3) is 0 Å². The van der Waals surface area contributed by atoms with Crippen LogP contribution in [0, 0.1) is 5.92 Å². The van der Waals surface area contributed by atoms with Crippen molar-refractivity contribution in [2.45, 2.75) is 52.1 Å². The lowest BCUT2D eigenvalue weighted by Gasteiger charge is -2.14. The number of hydrogen-bond donors (Lipinski definition) is 0. The Balaban J connectivity index is 2.05. The monoisotopic (exact) mass is 282 g/mol. The second-order valence-corrected chi connectivity index (χ2v) is 5.36. The molecule has 2 unspecified atom stereocenters. The van der Waals surface area contributed by atoms with Gasteiger partial charge in [0.05, 0.1) is 12.7 Å². The number of aromatic nitrogens is 2. The molecular formula is C14H22N2O4. The van der Waals surface area contributed by atoms with Crippen LogP contribution >= 0.6 is 0 Å². The van der Waals surface area contributed by atoms with E-state index in [2.05, 4.69) is 10.1 Å². The third-order valence-corrected chi connectivity index (χ3v) is 3.39. The van der Waals surface area contributed by atoms with Gasteiger partial charge in [0.1, 0.15) is 5.92 Å². The molecule has 1 aromatic rings. The summed E-state index contributed by atoms with van der Waals surface area (Å²) in [7, 11) is 0. The second-order valence-electron chi connectivity index (χ2n) is 5.36. The van der Waals surface area contributed by atoms with Gasteiger partial charge in [-0.25, -0.2) is 0 Å². The summed E-state index contributed by atoms with van der Waals surface area (Å²) in [5.41, 5.74) is 0. The Hall–Kier alpha value is -1.43. The predicted octanol–water partition coefficient (Wildman–Crippen LogP) is 2.09. The van der Waals surface area contributed by atoms with Crippen LogP contribution in [0.1, 0.15) is 51.2 Å². The van der Waals surface area contributed by atoms with Crippen molar-refractivity contribution < 1.29 is 18.8 Å². The quantitative estimate of drug-likeness (QED) is 0.744. The molecule has 1 aliphatic rings. The number of ether oxygens (including phenoxy) is 2. The lowest BCUT2D eigenvalue weighted by molar-refractivity contribution is -0.146. The van der Waals surface area contributed by atoms with Gasteiger partial charge in [-0.2, -0.15) is 4.98 Å². The Morgan fingerprint density at radius 2 is 2.30 bits per heavy atom. The van der Waals surface area contributed by atoms with Gasteiger partial charge in [0.15, 0.2) is 5.82 Å². The minimum atomic E-state index is -0.499. The highest BCUT2D eigenvalue weighted by molar-refractivity contribution is 5.77. The summed E-state index contributed by atoms with van der Waals surface area (Å²) in [6, 6.07) is 0. The maximum Gasteiger partial charge on any atom is 0.318 e. The summed E-state index contributed by atoms with van der Waals surface area (Å²) in [4.78, 5) is 16.3. The molecule has 0 bridgehead atoms. The van der Waals surface area contributed by atoms with Crippen LogP contribution in [0.5, 0.6) is 0 Å². The molecule has 2 rings (SSSR count). The van der Waals surface area contributed by atoms with Crippen molar-refractivity contribution in [1.82, 2.24) is 10.1 Å². The van der Waals surface area contributed by atoms with E-state index in [-0.39, 0.29) is 18.0 Å². The maximum atomic E-state index is 12.0. The van der Waals surface area contributed by atoms with Crippen LogP contribution in [0.15, 0.2) is 4.52 Å². The van der Waals surface area contributed by atoms with Crippen molar-refractivity contribution in [3.8, 4) is 0 Å². The summed E-state index contributed by atoms with van der Waals surface area (Å²) in [6.45, 7) is 6.80. The molecule has 112 valence electrons. The van der Waals surface area contributed by atoms with Crippen LogP contribution in [-0.4, -0.2) is 35.4 Å². The van der Waals surface area contributed by atoms with E-state index in [1.165, 1.54) is 0 Å². The lowest BCUT2D eigenvalue weighted by atomic mass is 9.96. The minimum absolute atomic E-state index is 0.0464. The van der Waals surface area contributed by atoms with Gasteiger partial charge in [-0.1, -0.05) is 19.0 Å². The molecule has 1 aliphatic heterocycles. The zero-order valence-corrected chi connectivity index (χ0v) is 12.3. The first-order valence-corrected chi connectivity index (χ1v) is 7.22. The molecule has 6 heteroatoms. The van der Waals surface area contributed by atoms with E-state index in [4.69, 9.17) is 14.0 Å². The fraction of sp³-hybridized carbons (Fsp3) is 0.786. The van der Waals surface area contributed by atoms with E-state index in [0.717, 1.165) is 19.4 Å². The van der Waals surface area contributed by atoms with Crippen LogP contribution in [0.25, 0.3) is 0 Å². The average Bonchev–Trinajstić information content (AvgIpc) is 3.02. The fourth-order valence-corrected chi connectivity index (χ4v) is 2.38. The van der Waals surface area contributed by atoms with Crippen molar-refractivity contribution in [1.29, 1.82) is 0 Å². The van der Waals surface area contributed by atoms with Gasteiger partial charge < -0.3 is 14.0 Å². The Morgan fingerprint density at radius 1 is 1.50 bits per heavy atom. The average molecular weight is 282 g/mol. The molecule has 2 atom stereocenters. The van der Waals surface area contributed by atoms with Crippen LogP contribution in [0.2, 0.25) is 0 Å². The van der Waals surface area contributed by atoms with E-state index < -0.39 is 5.92 Å². The summed E-state index contributed by atoms with van der Waals surface area (Å²) in [5, 5.41) is 3.95.